The molecule has 27 heavy (non-hydrogen) atoms. The summed E-state index contributed by atoms with van der Waals surface area (Å²) in [7, 11) is 1.85. The summed E-state index contributed by atoms with van der Waals surface area (Å²) < 4.78 is 1.71. The summed E-state index contributed by atoms with van der Waals surface area (Å²) in [5.41, 5.74) is 5.46. The van der Waals surface area contributed by atoms with Gasteiger partial charge in [-0.25, -0.2) is 15.8 Å². The van der Waals surface area contributed by atoms with E-state index < -0.39 is 0 Å². The second-order valence-electron chi connectivity index (χ2n) is 6.01. The van der Waals surface area contributed by atoms with E-state index in [-0.39, 0.29) is 0 Å². The van der Waals surface area contributed by atoms with Crippen molar-refractivity contribution in [1.82, 2.24) is 24.7 Å². The van der Waals surface area contributed by atoms with Gasteiger partial charge < -0.3 is 16.1 Å². The van der Waals surface area contributed by atoms with E-state index in [1.54, 1.807) is 23.3 Å². The number of benzene rings is 1. The minimum atomic E-state index is 0.467. The zero-order valence-corrected chi connectivity index (χ0v) is 14.7. The van der Waals surface area contributed by atoms with Gasteiger partial charge >= 0.3 is 0 Å². The van der Waals surface area contributed by atoms with Gasteiger partial charge in [0.05, 0.1) is 23.6 Å². The summed E-state index contributed by atoms with van der Waals surface area (Å²) in [6, 6.07) is 10.1. The fraction of sp³-hybridized carbons (Fsp3) is 0.111. The maximum Gasteiger partial charge on any atom is 0.183 e. The van der Waals surface area contributed by atoms with Crippen molar-refractivity contribution >= 4 is 34.0 Å². The molecular formula is C18H19N9. The minimum absolute atomic E-state index is 0.467. The highest BCUT2D eigenvalue weighted by atomic mass is 15.3. The Morgan fingerprint density at radius 2 is 2.04 bits per heavy atom. The third-order valence-corrected chi connectivity index (χ3v) is 4.01. The van der Waals surface area contributed by atoms with Crippen LogP contribution in [0, 0.1) is 0 Å². The number of nitrogens with zero attached hydrogens (tertiary/aromatic N) is 5. The number of aromatic nitrogens is 5. The average molecular weight is 361 g/mol. The Labute approximate surface area is 155 Å². The Morgan fingerprint density at radius 3 is 2.85 bits per heavy atom. The van der Waals surface area contributed by atoms with Crippen LogP contribution in [0.15, 0.2) is 55.1 Å². The first-order valence-electron chi connectivity index (χ1n) is 8.38. The van der Waals surface area contributed by atoms with Crippen LogP contribution < -0.4 is 21.9 Å². The lowest BCUT2D eigenvalue weighted by atomic mass is 10.1. The lowest BCUT2D eigenvalue weighted by Gasteiger charge is -2.12. The van der Waals surface area contributed by atoms with Crippen molar-refractivity contribution < 1.29 is 0 Å². The Balaban J connectivity index is 1.53. The number of nitrogens with one attached hydrogen (secondary N) is 3. The van der Waals surface area contributed by atoms with Gasteiger partial charge in [-0.1, -0.05) is 12.1 Å². The summed E-state index contributed by atoms with van der Waals surface area (Å²) in [6.07, 6.45) is 6.96. The molecular weight excluding hydrogens is 342 g/mol. The first-order chi connectivity index (χ1) is 13.2. The fourth-order valence-corrected chi connectivity index (χ4v) is 2.73. The minimum Gasteiger partial charge on any atom is -0.363 e. The molecule has 1 aromatic carbocycles. The number of pyridine rings is 1. The maximum absolute atomic E-state index is 5.57. The first kappa shape index (κ1) is 16.7. The molecule has 5 N–H and O–H groups in total. The summed E-state index contributed by atoms with van der Waals surface area (Å²) in [5.74, 6) is 7.18. The van der Waals surface area contributed by atoms with E-state index in [2.05, 4.69) is 42.2 Å². The lowest BCUT2D eigenvalue weighted by molar-refractivity contribution is 0.768. The summed E-state index contributed by atoms with van der Waals surface area (Å²) in [6.45, 7) is 0.574. The molecule has 0 saturated heterocycles. The fourth-order valence-electron chi connectivity index (χ4n) is 2.73. The number of rotatable bonds is 6. The van der Waals surface area contributed by atoms with Crippen molar-refractivity contribution in [3.8, 4) is 0 Å². The van der Waals surface area contributed by atoms with Crippen molar-refractivity contribution in [3.63, 3.8) is 0 Å². The van der Waals surface area contributed by atoms with Gasteiger partial charge in [0.15, 0.2) is 17.5 Å². The Bertz CT molecular complexity index is 1070. The highest BCUT2D eigenvalue weighted by molar-refractivity contribution is 5.79. The van der Waals surface area contributed by atoms with Gasteiger partial charge in [0.1, 0.15) is 0 Å². The normalized spacial score (nSPS) is 10.7. The van der Waals surface area contributed by atoms with Crippen LogP contribution in [0.2, 0.25) is 0 Å². The summed E-state index contributed by atoms with van der Waals surface area (Å²) in [4.78, 5) is 13.2. The molecule has 9 nitrogen and oxygen atoms in total. The van der Waals surface area contributed by atoms with E-state index in [9.17, 15) is 0 Å². The lowest BCUT2D eigenvalue weighted by Crippen LogP contribution is -2.14. The molecule has 0 unspecified atom stereocenters. The number of anilines is 4. The van der Waals surface area contributed by atoms with Crippen molar-refractivity contribution in [2.24, 2.45) is 12.9 Å². The van der Waals surface area contributed by atoms with Crippen molar-refractivity contribution in [2.75, 3.05) is 16.1 Å². The Hall–Kier alpha value is -3.72. The van der Waals surface area contributed by atoms with E-state index in [0.717, 1.165) is 22.2 Å². The standard InChI is InChI=1S/C18H19N9/c1-27-11-14(9-23-27)24-16-10-22-18(26-19)17(25-16)21-8-12-4-5-15-13(7-12)3-2-6-20-15/h2-7,9-11H,8,19H2,1H3,(H,22,26)(H2,21,24,25). The van der Waals surface area contributed by atoms with E-state index in [0.29, 0.717) is 24.0 Å². The monoisotopic (exact) mass is 361 g/mol. The Morgan fingerprint density at radius 1 is 1.11 bits per heavy atom. The molecule has 0 aliphatic rings. The van der Waals surface area contributed by atoms with Crippen LogP contribution in [0.1, 0.15) is 5.56 Å². The summed E-state index contributed by atoms with van der Waals surface area (Å²) in [5, 5.41) is 11.7. The zero-order valence-electron chi connectivity index (χ0n) is 14.7. The van der Waals surface area contributed by atoms with Gasteiger partial charge in [0.25, 0.3) is 0 Å². The number of hydrogen-bond acceptors (Lipinski definition) is 8. The number of aryl methyl sites for hydroxylation is 1. The molecule has 0 aliphatic heterocycles. The van der Waals surface area contributed by atoms with Crippen LogP contribution in [-0.4, -0.2) is 24.7 Å². The van der Waals surface area contributed by atoms with Crippen LogP contribution >= 0.6 is 0 Å². The Kier molecular flexibility index (Phi) is 4.50. The quantitative estimate of drug-likeness (QED) is 0.305. The maximum atomic E-state index is 5.57. The molecule has 0 amide bonds. The third-order valence-electron chi connectivity index (χ3n) is 4.01. The molecule has 4 aromatic rings. The van der Waals surface area contributed by atoms with Gasteiger partial charge in [-0.3, -0.25) is 9.67 Å². The van der Waals surface area contributed by atoms with E-state index >= 15 is 0 Å². The van der Waals surface area contributed by atoms with Crippen molar-refractivity contribution in [1.29, 1.82) is 0 Å². The van der Waals surface area contributed by atoms with Crippen LogP contribution in [0.3, 0.4) is 0 Å². The predicted molar refractivity (Wildman–Crippen MR) is 105 cm³/mol. The average Bonchev–Trinajstić information content (AvgIpc) is 3.11. The van der Waals surface area contributed by atoms with Crippen molar-refractivity contribution in [3.05, 3.63) is 60.7 Å². The molecule has 0 fully saturated rings. The molecule has 0 aliphatic carbocycles. The number of nitrogens with two attached hydrogens (primary N) is 1. The first-order valence-corrected chi connectivity index (χ1v) is 8.38. The molecule has 0 bridgehead atoms. The zero-order chi connectivity index (χ0) is 18.6. The summed E-state index contributed by atoms with van der Waals surface area (Å²) >= 11 is 0. The van der Waals surface area contributed by atoms with Gasteiger partial charge in [-0.15, -0.1) is 0 Å². The molecule has 3 heterocycles. The van der Waals surface area contributed by atoms with Gasteiger partial charge in [0, 0.05) is 31.4 Å². The molecule has 0 radical (unpaired) electrons. The molecule has 3 aromatic heterocycles. The highest BCUT2D eigenvalue weighted by Gasteiger charge is 2.08. The van der Waals surface area contributed by atoms with Crippen molar-refractivity contribution in [2.45, 2.75) is 6.54 Å². The molecule has 4 rings (SSSR count). The smallest absolute Gasteiger partial charge is 0.183 e. The van der Waals surface area contributed by atoms with E-state index in [1.807, 2.05) is 37.5 Å². The second kappa shape index (κ2) is 7.26. The van der Waals surface area contributed by atoms with E-state index in [4.69, 9.17) is 5.84 Å². The topological polar surface area (TPSA) is 119 Å². The molecule has 0 spiro atoms. The van der Waals surface area contributed by atoms with Crippen LogP contribution in [0.4, 0.5) is 23.1 Å². The number of fused-ring (bicyclic) bond motifs is 1. The second-order valence-corrected chi connectivity index (χ2v) is 6.01. The third kappa shape index (κ3) is 3.77. The number of nitrogen functional groups attached to an aromatic ring is 1. The van der Waals surface area contributed by atoms with Crippen LogP contribution in [0.25, 0.3) is 10.9 Å². The number of hydrazine groups is 1. The largest absolute Gasteiger partial charge is 0.363 e. The molecule has 0 saturated carbocycles. The van der Waals surface area contributed by atoms with Gasteiger partial charge in [-0.2, -0.15) is 5.10 Å². The predicted octanol–water partition coefficient (Wildman–Crippen LogP) is 2.40. The van der Waals surface area contributed by atoms with Gasteiger partial charge in [0.2, 0.25) is 0 Å². The molecule has 9 heteroatoms. The molecule has 136 valence electrons. The SMILES string of the molecule is Cn1cc(Nc2cnc(NN)c(NCc3ccc4ncccc4c3)n2)cn1. The number of hydrogen-bond donors (Lipinski definition) is 4. The van der Waals surface area contributed by atoms with Crippen LogP contribution in [0.5, 0.6) is 0 Å². The van der Waals surface area contributed by atoms with Crippen LogP contribution in [-0.2, 0) is 13.6 Å². The van der Waals surface area contributed by atoms with Gasteiger partial charge in [-0.05, 0) is 23.8 Å². The van der Waals surface area contributed by atoms with E-state index in [1.165, 1.54) is 0 Å². The molecule has 0 atom stereocenters. The highest BCUT2D eigenvalue weighted by Crippen LogP contribution is 2.21.